The van der Waals surface area contributed by atoms with Crippen molar-refractivity contribution in [2.75, 3.05) is 13.7 Å². The van der Waals surface area contributed by atoms with E-state index in [4.69, 9.17) is 16.3 Å². The molecule has 2 aromatic carbocycles. The summed E-state index contributed by atoms with van der Waals surface area (Å²) in [6.45, 7) is 0.696. The Morgan fingerprint density at radius 1 is 1.20 bits per heavy atom. The van der Waals surface area contributed by atoms with Gasteiger partial charge in [-0.1, -0.05) is 51.8 Å². The summed E-state index contributed by atoms with van der Waals surface area (Å²) in [5.74, 6) is 0. The molecule has 1 atom stereocenters. The summed E-state index contributed by atoms with van der Waals surface area (Å²) in [5, 5.41) is 11.1. The fourth-order valence-electron chi connectivity index (χ4n) is 1.99. The van der Waals surface area contributed by atoms with Gasteiger partial charge in [0.05, 0.1) is 6.61 Å². The first kappa shape index (κ1) is 15.5. The molecule has 2 aromatic rings. The van der Waals surface area contributed by atoms with E-state index >= 15 is 0 Å². The lowest BCUT2D eigenvalue weighted by Gasteiger charge is -2.14. The van der Waals surface area contributed by atoms with Crippen molar-refractivity contribution in [2.24, 2.45) is 0 Å². The van der Waals surface area contributed by atoms with Gasteiger partial charge in [0.15, 0.2) is 0 Å². The number of hydrogen-bond acceptors (Lipinski definition) is 2. The average Bonchev–Trinajstić information content (AvgIpc) is 2.47. The normalized spacial score (nSPS) is 12.4. The third-order valence-corrected chi connectivity index (χ3v) is 4.10. The molecule has 1 unspecified atom stereocenters. The Balaban J connectivity index is 2.20. The molecular weight excluding hydrogens is 340 g/mol. The number of rotatable bonds is 5. The van der Waals surface area contributed by atoms with Crippen LogP contribution in [0.1, 0.15) is 22.8 Å². The van der Waals surface area contributed by atoms with E-state index in [-0.39, 0.29) is 0 Å². The smallest absolute Gasteiger partial charge is 0.105 e. The molecule has 0 saturated carbocycles. The molecule has 0 fully saturated rings. The van der Waals surface area contributed by atoms with Crippen molar-refractivity contribution in [2.45, 2.75) is 12.5 Å². The zero-order chi connectivity index (χ0) is 14.5. The number of hydrogen-bond donors (Lipinski definition) is 1. The van der Waals surface area contributed by atoms with Crippen molar-refractivity contribution in [1.29, 1.82) is 0 Å². The van der Waals surface area contributed by atoms with Gasteiger partial charge in [-0.15, -0.1) is 0 Å². The number of aliphatic hydroxyl groups excluding tert-OH is 1. The Kier molecular flexibility index (Phi) is 5.61. The largest absolute Gasteiger partial charge is 0.384 e. The van der Waals surface area contributed by atoms with Gasteiger partial charge in [-0.3, -0.25) is 0 Å². The summed E-state index contributed by atoms with van der Waals surface area (Å²) in [7, 11) is 1.69. The molecule has 0 aliphatic rings. The Labute approximate surface area is 132 Å². The molecule has 1 N–H and O–H groups in total. The van der Waals surface area contributed by atoms with Gasteiger partial charge >= 0.3 is 0 Å². The Hall–Kier alpha value is -0.870. The molecule has 106 valence electrons. The summed E-state index contributed by atoms with van der Waals surface area (Å²) in [4.78, 5) is 0. The summed E-state index contributed by atoms with van der Waals surface area (Å²) < 4.78 is 5.90. The highest BCUT2D eigenvalue weighted by atomic mass is 79.9. The topological polar surface area (TPSA) is 29.5 Å². The highest BCUT2D eigenvalue weighted by Gasteiger charge is 2.14. The molecule has 0 spiro atoms. The molecule has 2 rings (SSSR count). The summed E-state index contributed by atoms with van der Waals surface area (Å²) >= 11 is 9.43. The average molecular weight is 356 g/mol. The zero-order valence-corrected chi connectivity index (χ0v) is 13.5. The van der Waals surface area contributed by atoms with Crippen LogP contribution >= 0.6 is 27.5 Å². The monoisotopic (exact) mass is 354 g/mol. The lowest BCUT2D eigenvalue weighted by Crippen LogP contribution is -2.01. The second kappa shape index (κ2) is 7.23. The maximum atomic E-state index is 10.5. The minimum absolute atomic E-state index is 0.610. The van der Waals surface area contributed by atoms with Crippen molar-refractivity contribution in [1.82, 2.24) is 0 Å². The van der Waals surface area contributed by atoms with Crippen LogP contribution in [0.5, 0.6) is 0 Å². The van der Waals surface area contributed by atoms with Crippen molar-refractivity contribution in [3.05, 3.63) is 68.7 Å². The standard InChI is InChI=1S/C16H16BrClO2/c1-20-9-8-11-2-4-12(5-3-11)16(19)14-10-13(18)6-7-15(14)17/h2-7,10,16,19H,8-9H2,1H3. The molecule has 0 radical (unpaired) electrons. The predicted octanol–water partition coefficient (Wildman–Crippen LogP) is 4.37. The van der Waals surface area contributed by atoms with Gasteiger partial charge in [-0.05, 0) is 35.7 Å². The third-order valence-electron chi connectivity index (χ3n) is 3.14. The van der Waals surface area contributed by atoms with E-state index in [0.717, 1.165) is 22.0 Å². The maximum absolute atomic E-state index is 10.5. The second-order valence-electron chi connectivity index (χ2n) is 4.55. The molecule has 0 aromatic heterocycles. The van der Waals surface area contributed by atoms with Gasteiger partial charge in [0.1, 0.15) is 6.10 Å². The molecule has 20 heavy (non-hydrogen) atoms. The number of ether oxygens (including phenoxy) is 1. The Morgan fingerprint density at radius 2 is 1.90 bits per heavy atom. The lowest BCUT2D eigenvalue weighted by molar-refractivity contribution is 0.202. The lowest BCUT2D eigenvalue weighted by atomic mass is 10.00. The molecular formula is C16H16BrClO2. The van der Waals surface area contributed by atoms with E-state index in [9.17, 15) is 5.11 Å². The molecule has 0 bridgehead atoms. The SMILES string of the molecule is COCCc1ccc(C(O)c2cc(Cl)ccc2Br)cc1. The highest BCUT2D eigenvalue weighted by Crippen LogP contribution is 2.30. The molecule has 4 heteroatoms. The minimum atomic E-state index is -0.695. The maximum Gasteiger partial charge on any atom is 0.105 e. The highest BCUT2D eigenvalue weighted by molar-refractivity contribution is 9.10. The van der Waals surface area contributed by atoms with Gasteiger partial charge in [0.2, 0.25) is 0 Å². The second-order valence-corrected chi connectivity index (χ2v) is 5.84. The third kappa shape index (κ3) is 3.83. The number of methoxy groups -OCH3 is 1. The number of benzene rings is 2. The van der Waals surface area contributed by atoms with Gasteiger partial charge in [-0.2, -0.15) is 0 Å². The van der Waals surface area contributed by atoms with Crippen LogP contribution in [0.15, 0.2) is 46.9 Å². The first-order chi connectivity index (χ1) is 9.61. The van der Waals surface area contributed by atoms with E-state index in [1.165, 1.54) is 5.56 Å². The van der Waals surface area contributed by atoms with Gasteiger partial charge in [0, 0.05) is 22.2 Å². The predicted molar refractivity (Wildman–Crippen MR) is 85.2 cm³/mol. The van der Waals surface area contributed by atoms with E-state index < -0.39 is 6.10 Å². The molecule has 0 aliphatic carbocycles. The number of aliphatic hydroxyl groups is 1. The molecule has 0 heterocycles. The van der Waals surface area contributed by atoms with Crippen LogP contribution < -0.4 is 0 Å². The van der Waals surface area contributed by atoms with Crippen LogP contribution in [0.25, 0.3) is 0 Å². The van der Waals surface area contributed by atoms with Crippen LogP contribution in [0.4, 0.5) is 0 Å². The van der Waals surface area contributed by atoms with Crippen LogP contribution in [-0.4, -0.2) is 18.8 Å². The van der Waals surface area contributed by atoms with E-state index in [1.54, 1.807) is 19.2 Å². The van der Waals surface area contributed by atoms with E-state index in [2.05, 4.69) is 15.9 Å². The van der Waals surface area contributed by atoms with Crippen molar-refractivity contribution >= 4 is 27.5 Å². The quantitative estimate of drug-likeness (QED) is 0.863. The minimum Gasteiger partial charge on any atom is -0.384 e. The van der Waals surface area contributed by atoms with Crippen molar-refractivity contribution < 1.29 is 9.84 Å². The number of halogens is 2. The van der Waals surface area contributed by atoms with Crippen LogP contribution in [-0.2, 0) is 11.2 Å². The zero-order valence-electron chi connectivity index (χ0n) is 11.1. The van der Waals surface area contributed by atoms with Crippen molar-refractivity contribution in [3.63, 3.8) is 0 Å². The fraction of sp³-hybridized carbons (Fsp3) is 0.250. The summed E-state index contributed by atoms with van der Waals surface area (Å²) in [6, 6.07) is 13.3. The molecule has 2 nitrogen and oxygen atoms in total. The van der Waals surface area contributed by atoms with E-state index in [1.807, 2.05) is 30.3 Å². The summed E-state index contributed by atoms with van der Waals surface area (Å²) in [6.07, 6.45) is 0.174. The first-order valence-electron chi connectivity index (χ1n) is 6.32. The first-order valence-corrected chi connectivity index (χ1v) is 7.49. The van der Waals surface area contributed by atoms with Crippen LogP contribution in [0, 0.1) is 0 Å². The molecule has 0 saturated heterocycles. The van der Waals surface area contributed by atoms with Gasteiger partial charge in [0.25, 0.3) is 0 Å². The van der Waals surface area contributed by atoms with Crippen molar-refractivity contribution in [3.8, 4) is 0 Å². The van der Waals surface area contributed by atoms with E-state index in [0.29, 0.717) is 11.6 Å². The molecule has 0 aliphatic heterocycles. The molecule has 0 amide bonds. The fourth-order valence-corrected chi connectivity index (χ4v) is 2.63. The summed E-state index contributed by atoms with van der Waals surface area (Å²) in [5.41, 5.74) is 2.80. The van der Waals surface area contributed by atoms with Crippen LogP contribution in [0.3, 0.4) is 0 Å². The van der Waals surface area contributed by atoms with Crippen LogP contribution in [0.2, 0.25) is 5.02 Å². The Bertz CT molecular complexity index is 569. The Morgan fingerprint density at radius 3 is 2.55 bits per heavy atom. The van der Waals surface area contributed by atoms with Gasteiger partial charge in [-0.25, -0.2) is 0 Å². The van der Waals surface area contributed by atoms with Gasteiger partial charge < -0.3 is 9.84 Å².